The zero-order chi connectivity index (χ0) is 16.1. The number of hydrogen-bond donors (Lipinski definition) is 1. The highest BCUT2D eigenvalue weighted by molar-refractivity contribution is 7.99. The van der Waals surface area contributed by atoms with E-state index in [-0.39, 0.29) is 5.78 Å². The van der Waals surface area contributed by atoms with Crippen molar-refractivity contribution < 1.29 is 9.53 Å². The monoisotopic (exact) mass is 331 g/mol. The van der Waals surface area contributed by atoms with E-state index >= 15 is 0 Å². The van der Waals surface area contributed by atoms with Crippen molar-refractivity contribution in [2.75, 3.05) is 12.9 Å². The van der Waals surface area contributed by atoms with Crippen LogP contribution in [0.2, 0.25) is 0 Å². The van der Waals surface area contributed by atoms with E-state index in [9.17, 15) is 4.79 Å². The van der Waals surface area contributed by atoms with Crippen LogP contribution in [0, 0.1) is 5.92 Å². The number of thioether (sulfide) groups is 1. The summed E-state index contributed by atoms with van der Waals surface area (Å²) in [4.78, 5) is 16.7. The standard InChI is InChI=1S/C17H21N3O2S/c1-22-14-8-4-7-13(10-14)15(21)11-23-17-18-16(19-20-17)9-12-5-2-3-6-12/h4,7-8,10,12H,2-3,5-6,9,11H2,1H3,(H,18,19,20). The van der Waals surface area contributed by atoms with Gasteiger partial charge in [0.2, 0.25) is 5.16 Å². The summed E-state index contributed by atoms with van der Waals surface area (Å²) in [6.07, 6.45) is 6.21. The second-order valence-electron chi connectivity index (χ2n) is 5.86. The van der Waals surface area contributed by atoms with Gasteiger partial charge in [0.05, 0.1) is 12.9 Å². The summed E-state index contributed by atoms with van der Waals surface area (Å²) < 4.78 is 5.15. The quantitative estimate of drug-likeness (QED) is 0.621. The molecule has 0 atom stereocenters. The Labute approximate surface area is 140 Å². The Bertz CT molecular complexity index is 665. The molecule has 1 aliphatic rings. The summed E-state index contributed by atoms with van der Waals surface area (Å²) in [7, 11) is 1.60. The molecule has 0 saturated heterocycles. The average molecular weight is 331 g/mol. The second kappa shape index (κ2) is 7.64. The number of nitrogens with one attached hydrogen (secondary N) is 1. The SMILES string of the molecule is COc1cccc(C(=O)CSc2n[nH]c(CC3CCCC3)n2)c1. The van der Waals surface area contributed by atoms with Crippen molar-refractivity contribution in [3.8, 4) is 5.75 Å². The molecule has 3 rings (SSSR count). The van der Waals surface area contributed by atoms with Gasteiger partial charge in [-0.05, 0) is 18.1 Å². The lowest BCUT2D eigenvalue weighted by atomic mass is 10.0. The third-order valence-corrected chi connectivity index (χ3v) is 5.04. The van der Waals surface area contributed by atoms with Crippen LogP contribution in [0.1, 0.15) is 41.9 Å². The van der Waals surface area contributed by atoms with Crippen LogP contribution in [0.5, 0.6) is 5.75 Å². The number of ether oxygens (including phenoxy) is 1. The van der Waals surface area contributed by atoms with E-state index in [0.29, 0.717) is 22.2 Å². The number of carbonyl (C=O) groups is 1. The van der Waals surface area contributed by atoms with Gasteiger partial charge in [-0.25, -0.2) is 4.98 Å². The summed E-state index contributed by atoms with van der Waals surface area (Å²) >= 11 is 1.37. The van der Waals surface area contributed by atoms with E-state index in [1.807, 2.05) is 12.1 Å². The summed E-state index contributed by atoms with van der Waals surface area (Å²) in [5.41, 5.74) is 0.651. The highest BCUT2D eigenvalue weighted by atomic mass is 32.2. The van der Waals surface area contributed by atoms with E-state index in [0.717, 1.165) is 18.2 Å². The minimum absolute atomic E-state index is 0.0519. The van der Waals surface area contributed by atoms with E-state index in [4.69, 9.17) is 4.74 Å². The van der Waals surface area contributed by atoms with Crippen LogP contribution in [0.4, 0.5) is 0 Å². The lowest BCUT2D eigenvalue weighted by Gasteiger charge is -2.04. The number of nitrogens with zero attached hydrogens (tertiary/aromatic N) is 2. The minimum atomic E-state index is 0.0519. The maximum atomic E-state index is 12.2. The zero-order valence-electron chi connectivity index (χ0n) is 13.2. The molecule has 0 amide bonds. The average Bonchev–Trinajstić information content (AvgIpc) is 3.25. The molecule has 0 spiro atoms. The summed E-state index contributed by atoms with van der Waals surface area (Å²) in [6, 6.07) is 7.21. The molecular formula is C17H21N3O2S. The Morgan fingerprint density at radius 3 is 3.00 bits per heavy atom. The van der Waals surface area contributed by atoms with Crippen molar-refractivity contribution in [1.82, 2.24) is 15.2 Å². The summed E-state index contributed by atoms with van der Waals surface area (Å²) in [5, 5.41) is 7.86. The Kier molecular flexibility index (Phi) is 5.33. The largest absolute Gasteiger partial charge is 0.497 e. The van der Waals surface area contributed by atoms with Gasteiger partial charge in [0.15, 0.2) is 5.78 Å². The fourth-order valence-corrected chi connectivity index (χ4v) is 3.64. The van der Waals surface area contributed by atoms with Crippen molar-refractivity contribution in [3.63, 3.8) is 0 Å². The maximum absolute atomic E-state index is 12.2. The van der Waals surface area contributed by atoms with Gasteiger partial charge >= 0.3 is 0 Å². The third kappa shape index (κ3) is 4.34. The van der Waals surface area contributed by atoms with Gasteiger partial charge in [-0.15, -0.1) is 5.10 Å². The van der Waals surface area contributed by atoms with Gasteiger partial charge < -0.3 is 4.74 Å². The molecule has 1 aromatic carbocycles. The van der Waals surface area contributed by atoms with Crippen LogP contribution in [0.25, 0.3) is 0 Å². The first-order valence-corrected chi connectivity index (χ1v) is 8.94. The molecule has 1 aliphatic carbocycles. The van der Waals surface area contributed by atoms with Crippen LogP contribution >= 0.6 is 11.8 Å². The van der Waals surface area contributed by atoms with Crippen LogP contribution < -0.4 is 4.74 Å². The molecule has 1 saturated carbocycles. The third-order valence-electron chi connectivity index (χ3n) is 4.19. The molecule has 1 N–H and O–H groups in total. The van der Waals surface area contributed by atoms with Crippen molar-refractivity contribution in [2.24, 2.45) is 5.92 Å². The number of methoxy groups -OCH3 is 1. The molecule has 2 aromatic rings. The number of ketones is 1. The van der Waals surface area contributed by atoms with Gasteiger partial charge in [-0.2, -0.15) is 0 Å². The molecule has 0 aliphatic heterocycles. The molecule has 5 nitrogen and oxygen atoms in total. The molecule has 0 bridgehead atoms. The fraction of sp³-hybridized carbons (Fsp3) is 0.471. The van der Waals surface area contributed by atoms with Crippen LogP contribution in [-0.4, -0.2) is 33.8 Å². The van der Waals surface area contributed by atoms with E-state index < -0.39 is 0 Å². The lowest BCUT2D eigenvalue weighted by Crippen LogP contribution is -2.03. The van der Waals surface area contributed by atoms with Gasteiger partial charge in [0.25, 0.3) is 0 Å². The molecule has 1 fully saturated rings. The summed E-state index contributed by atoms with van der Waals surface area (Å²) in [5.74, 6) is 2.74. The predicted octanol–water partition coefficient (Wildman–Crippen LogP) is 3.52. The zero-order valence-corrected chi connectivity index (χ0v) is 14.1. The number of aromatic amines is 1. The van der Waals surface area contributed by atoms with E-state index in [2.05, 4.69) is 15.2 Å². The van der Waals surface area contributed by atoms with Crippen molar-refractivity contribution in [3.05, 3.63) is 35.7 Å². The number of Topliss-reactive ketones (excluding diaryl/α,β-unsaturated/α-hetero) is 1. The van der Waals surface area contributed by atoms with Gasteiger partial charge in [-0.3, -0.25) is 9.89 Å². The molecule has 23 heavy (non-hydrogen) atoms. The van der Waals surface area contributed by atoms with Crippen molar-refractivity contribution in [1.29, 1.82) is 0 Å². The van der Waals surface area contributed by atoms with Gasteiger partial charge in [-0.1, -0.05) is 49.6 Å². The summed E-state index contributed by atoms with van der Waals surface area (Å²) in [6.45, 7) is 0. The highest BCUT2D eigenvalue weighted by Gasteiger charge is 2.17. The maximum Gasteiger partial charge on any atom is 0.208 e. The Morgan fingerprint density at radius 2 is 2.22 bits per heavy atom. The first-order valence-electron chi connectivity index (χ1n) is 7.96. The number of hydrogen-bond acceptors (Lipinski definition) is 5. The van der Waals surface area contributed by atoms with Gasteiger partial charge in [0.1, 0.15) is 11.6 Å². The van der Waals surface area contributed by atoms with Crippen LogP contribution in [0.15, 0.2) is 29.4 Å². The lowest BCUT2D eigenvalue weighted by molar-refractivity contribution is 0.102. The smallest absolute Gasteiger partial charge is 0.208 e. The van der Waals surface area contributed by atoms with Crippen molar-refractivity contribution in [2.45, 2.75) is 37.3 Å². The number of rotatable bonds is 7. The van der Waals surface area contributed by atoms with E-state index in [1.54, 1.807) is 19.2 Å². The fourth-order valence-electron chi connectivity index (χ4n) is 2.93. The predicted molar refractivity (Wildman–Crippen MR) is 90.1 cm³/mol. The molecule has 1 aromatic heterocycles. The van der Waals surface area contributed by atoms with E-state index in [1.165, 1.54) is 37.4 Å². The number of benzene rings is 1. The normalized spacial score (nSPS) is 15.0. The molecule has 6 heteroatoms. The van der Waals surface area contributed by atoms with Crippen LogP contribution in [-0.2, 0) is 6.42 Å². The Balaban J connectivity index is 1.53. The number of carbonyl (C=O) groups excluding carboxylic acids is 1. The molecular weight excluding hydrogens is 310 g/mol. The first-order chi connectivity index (χ1) is 11.2. The Morgan fingerprint density at radius 1 is 1.39 bits per heavy atom. The topological polar surface area (TPSA) is 67.9 Å². The minimum Gasteiger partial charge on any atom is -0.497 e. The molecule has 122 valence electrons. The first kappa shape index (κ1) is 16.1. The van der Waals surface area contributed by atoms with Crippen molar-refractivity contribution >= 4 is 17.5 Å². The van der Waals surface area contributed by atoms with Gasteiger partial charge in [0, 0.05) is 12.0 Å². The van der Waals surface area contributed by atoms with Crippen LogP contribution in [0.3, 0.4) is 0 Å². The second-order valence-corrected chi connectivity index (χ2v) is 6.81. The molecule has 0 unspecified atom stereocenters. The highest BCUT2D eigenvalue weighted by Crippen LogP contribution is 2.27. The molecule has 0 radical (unpaired) electrons. The Hall–Kier alpha value is -1.82. The molecule has 1 heterocycles. The number of aromatic nitrogens is 3. The number of H-pyrrole nitrogens is 1.